The largest absolute Gasteiger partial charge is 0.497 e. The van der Waals surface area contributed by atoms with E-state index in [2.05, 4.69) is 0 Å². The summed E-state index contributed by atoms with van der Waals surface area (Å²) in [6.45, 7) is 1.40. The lowest BCUT2D eigenvalue weighted by Gasteiger charge is -2.07. The Morgan fingerprint density at radius 1 is 1.19 bits per heavy atom. The van der Waals surface area contributed by atoms with Crippen molar-refractivity contribution in [3.05, 3.63) is 58.1 Å². The summed E-state index contributed by atoms with van der Waals surface area (Å²) >= 11 is 1.38. The molecule has 0 bridgehead atoms. The molecule has 2 rings (SSSR count). The van der Waals surface area contributed by atoms with Crippen molar-refractivity contribution >= 4 is 23.2 Å². The topological polar surface area (TPSA) is 69.4 Å². The Labute approximate surface area is 126 Å². The number of rotatable bonds is 5. The van der Waals surface area contributed by atoms with Crippen LogP contribution in [0.5, 0.6) is 5.75 Å². The summed E-state index contributed by atoms with van der Waals surface area (Å²) in [5.41, 5.74) is 0.268. The molecule has 6 heteroatoms. The van der Waals surface area contributed by atoms with Crippen LogP contribution in [0.4, 0.5) is 5.69 Å². The number of ketones is 1. The van der Waals surface area contributed by atoms with Crippen LogP contribution in [-0.2, 0) is 0 Å². The van der Waals surface area contributed by atoms with Crippen LogP contribution in [0.25, 0.3) is 0 Å². The smallest absolute Gasteiger partial charge is 0.270 e. The van der Waals surface area contributed by atoms with Gasteiger partial charge in [0.25, 0.3) is 5.69 Å². The zero-order valence-electron chi connectivity index (χ0n) is 11.5. The van der Waals surface area contributed by atoms with Gasteiger partial charge in [0.1, 0.15) is 5.75 Å². The normalized spacial score (nSPS) is 10.2. The molecule has 0 spiro atoms. The average molecular weight is 303 g/mol. The van der Waals surface area contributed by atoms with Gasteiger partial charge < -0.3 is 4.74 Å². The molecular formula is C15H13NO4S. The molecule has 0 saturated carbocycles. The number of nitro groups is 1. The van der Waals surface area contributed by atoms with Crippen molar-refractivity contribution in [2.75, 3.05) is 7.11 Å². The summed E-state index contributed by atoms with van der Waals surface area (Å²) < 4.78 is 5.09. The molecule has 0 atom stereocenters. The van der Waals surface area contributed by atoms with Gasteiger partial charge in [0.2, 0.25) is 0 Å². The van der Waals surface area contributed by atoms with Crippen molar-refractivity contribution in [2.45, 2.75) is 16.7 Å². The fourth-order valence-electron chi connectivity index (χ4n) is 1.77. The molecule has 0 unspecified atom stereocenters. The highest BCUT2D eigenvalue weighted by molar-refractivity contribution is 7.99. The predicted octanol–water partition coefficient (Wildman–Crippen LogP) is 3.96. The Morgan fingerprint density at radius 3 is 2.38 bits per heavy atom. The first-order chi connectivity index (χ1) is 10.0. The van der Waals surface area contributed by atoms with Crippen molar-refractivity contribution in [3.63, 3.8) is 0 Å². The van der Waals surface area contributed by atoms with Gasteiger partial charge in [-0.1, -0.05) is 11.8 Å². The third kappa shape index (κ3) is 3.61. The van der Waals surface area contributed by atoms with E-state index in [0.29, 0.717) is 10.5 Å². The first kappa shape index (κ1) is 15.1. The number of benzene rings is 2. The Kier molecular flexibility index (Phi) is 4.59. The van der Waals surface area contributed by atoms with Gasteiger partial charge in [0.05, 0.1) is 12.0 Å². The number of ether oxygens (including phenoxy) is 1. The Bertz CT molecular complexity index is 683. The van der Waals surface area contributed by atoms with Gasteiger partial charge in [-0.15, -0.1) is 0 Å². The quantitative estimate of drug-likeness (QED) is 0.475. The molecule has 0 heterocycles. The van der Waals surface area contributed by atoms with Gasteiger partial charge in [-0.3, -0.25) is 14.9 Å². The van der Waals surface area contributed by atoms with Gasteiger partial charge in [-0.2, -0.15) is 0 Å². The van der Waals surface area contributed by atoms with E-state index >= 15 is 0 Å². The molecule has 0 saturated heterocycles. The van der Waals surface area contributed by atoms with E-state index in [9.17, 15) is 14.9 Å². The fraction of sp³-hybridized carbons (Fsp3) is 0.133. The van der Waals surface area contributed by atoms with Gasteiger partial charge in [-0.25, -0.2) is 0 Å². The lowest BCUT2D eigenvalue weighted by atomic mass is 10.1. The first-order valence-corrected chi connectivity index (χ1v) is 6.94. The van der Waals surface area contributed by atoms with Gasteiger partial charge >= 0.3 is 0 Å². The van der Waals surface area contributed by atoms with Crippen molar-refractivity contribution in [1.29, 1.82) is 0 Å². The zero-order chi connectivity index (χ0) is 15.4. The highest BCUT2D eigenvalue weighted by Crippen LogP contribution is 2.33. The van der Waals surface area contributed by atoms with Gasteiger partial charge in [-0.05, 0) is 37.3 Å². The van der Waals surface area contributed by atoms with Crippen LogP contribution in [0.2, 0.25) is 0 Å². The molecule has 2 aromatic carbocycles. The number of nitrogens with zero attached hydrogens (tertiary/aromatic N) is 1. The molecule has 0 aliphatic heterocycles. The Balaban J connectivity index is 2.34. The summed E-state index contributed by atoms with van der Waals surface area (Å²) in [5, 5.41) is 10.8. The highest BCUT2D eigenvalue weighted by atomic mass is 32.2. The average Bonchev–Trinajstić information content (AvgIpc) is 2.48. The predicted molar refractivity (Wildman–Crippen MR) is 80.2 cm³/mol. The summed E-state index contributed by atoms with van der Waals surface area (Å²) in [7, 11) is 1.59. The lowest BCUT2D eigenvalue weighted by molar-refractivity contribution is -0.384. The molecule has 0 aliphatic carbocycles. The molecule has 5 nitrogen and oxygen atoms in total. The summed E-state index contributed by atoms with van der Waals surface area (Å²) in [5.74, 6) is 0.546. The van der Waals surface area contributed by atoms with E-state index in [-0.39, 0.29) is 11.5 Å². The van der Waals surface area contributed by atoms with Crippen LogP contribution >= 0.6 is 11.8 Å². The van der Waals surface area contributed by atoms with E-state index in [4.69, 9.17) is 4.74 Å². The molecule has 0 radical (unpaired) electrons. The van der Waals surface area contributed by atoms with Crippen LogP contribution in [0.1, 0.15) is 17.3 Å². The van der Waals surface area contributed by atoms with E-state index in [1.807, 2.05) is 24.3 Å². The third-order valence-corrected chi connectivity index (χ3v) is 3.92. The molecule has 0 aliphatic rings. The number of hydrogen-bond acceptors (Lipinski definition) is 5. The number of methoxy groups -OCH3 is 1. The van der Waals surface area contributed by atoms with E-state index < -0.39 is 4.92 Å². The minimum absolute atomic E-state index is 0.0840. The van der Waals surface area contributed by atoms with Gasteiger partial charge in [0, 0.05) is 27.5 Å². The second-order valence-electron chi connectivity index (χ2n) is 4.27. The number of carbonyl (C=O) groups is 1. The molecule has 108 valence electrons. The number of hydrogen-bond donors (Lipinski definition) is 0. The summed E-state index contributed by atoms with van der Waals surface area (Å²) in [4.78, 5) is 23.6. The van der Waals surface area contributed by atoms with Crippen molar-refractivity contribution in [3.8, 4) is 5.75 Å². The van der Waals surface area contributed by atoms with Crippen molar-refractivity contribution in [2.24, 2.45) is 0 Å². The van der Waals surface area contributed by atoms with E-state index in [0.717, 1.165) is 10.6 Å². The lowest BCUT2D eigenvalue weighted by Crippen LogP contribution is -1.98. The third-order valence-electron chi connectivity index (χ3n) is 2.84. The maximum atomic E-state index is 11.7. The monoisotopic (exact) mass is 303 g/mol. The molecule has 2 aromatic rings. The minimum Gasteiger partial charge on any atom is -0.497 e. The highest BCUT2D eigenvalue weighted by Gasteiger charge is 2.14. The van der Waals surface area contributed by atoms with Crippen LogP contribution in [-0.4, -0.2) is 17.8 Å². The van der Waals surface area contributed by atoms with Gasteiger partial charge in [0.15, 0.2) is 5.78 Å². The molecular weight excluding hydrogens is 290 g/mol. The molecule has 0 amide bonds. The number of carbonyl (C=O) groups excluding carboxylic acids is 1. The number of nitro benzene ring substituents is 1. The van der Waals surface area contributed by atoms with Crippen LogP contribution in [0.3, 0.4) is 0 Å². The van der Waals surface area contributed by atoms with Crippen molar-refractivity contribution in [1.82, 2.24) is 0 Å². The number of non-ortho nitro benzene ring substituents is 1. The maximum Gasteiger partial charge on any atom is 0.270 e. The number of Topliss-reactive ketones (excluding diaryl/α,β-unsaturated/α-hetero) is 1. The molecule has 0 N–H and O–H groups in total. The Morgan fingerprint density at radius 2 is 1.86 bits per heavy atom. The first-order valence-electron chi connectivity index (χ1n) is 6.12. The molecule has 0 aromatic heterocycles. The minimum atomic E-state index is -0.506. The van der Waals surface area contributed by atoms with Crippen molar-refractivity contribution < 1.29 is 14.5 Å². The zero-order valence-corrected chi connectivity index (χ0v) is 12.3. The molecule has 21 heavy (non-hydrogen) atoms. The van der Waals surface area contributed by atoms with E-state index in [1.165, 1.54) is 30.8 Å². The van der Waals surface area contributed by atoms with Crippen LogP contribution in [0, 0.1) is 10.1 Å². The van der Waals surface area contributed by atoms with Crippen LogP contribution < -0.4 is 4.74 Å². The molecule has 0 fully saturated rings. The standard InChI is InChI=1S/C15H13NO4S/c1-10(17)14-9-11(16(18)19)3-8-15(14)21-13-6-4-12(20-2)5-7-13/h3-9H,1-2H3. The fourth-order valence-corrected chi connectivity index (χ4v) is 2.74. The second kappa shape index (κ2) is 6.41. The summed E-state index contributed by atoms with van der Waals surface area (Å²) in [6.07, 6.45) is 0. The second-order valence-corrected chi connectivity index (χ2v) is 5.39. The summed E-state index contributed by atoms with van der Waals surface area (Å²) in [6, 6.07) is 11.7. The SMILES string of the molecule is COc1ccc(Sc2ccc([N+](=O)[O-])cc2C(C)=O)cc1. The van der Waals surface area contributed by atoms with E-state index in [1.54, 1.807) is 13.2 Å². The Hall–Kier alpha value is -2.34. The van der Waals surface area contributed by atoms with Crippen LogP contribution in [0.15, 0.2) is 52.3 Å². The maximum absolute atomic E-state index is 11.7.